The van der Waals surface area contributed by atoms with Gasteiger partial charge in [-0.05, 0) is 12.1 Å². The highest BCUT2D eigenvalue weighted by atomic mass is 32.1. The van der Waals surface area contributed by atoms with Gasteiger partial charge in [0.25, 0.3) is 0 Å². The lowest BCUT2D eigenvalue weighted by molar-refractivity contribution is 0.555. The summed E-state index contributed by atoms with van der Waals surface area (Å²) in [4.78, 5) is 15.4. The first-order valence-corrected chi connectivity index (χ1v) is 4.79. The summed E-state index contributed by atoms with van der Waals surface area (Å²) in [5, 5.41) is 0. The number of nitrogens with one attached hydrogen (secondary N) is 1. The minimum atomic E-state index is -0.425. The van der Waals surface area contributed by atoms with Gasteiger partial charge in [-0.2, -0.15) is 12.6 Å². The highest BCUT2D eigenvalue weighted by molar-refractivity contribution is 7.80. The van der Waals surface area contributed by atoms with Gasteiger partial charge in [-0.3, -0.25) is 4.98 Å². The first-order chi connectivity index (χ1) is 6.70. The van der Waals surface area contributed by atoms with Crippen LogP contribution >= 0.6 is 12.6 Å². The van der Waals surface area contributed by atoms with Crippen molar-refractivity contribution in [1.29, 1.82) is 0 Å². The molecule has 0 aliphatic carbocycles. The Morgan fingerprint density at radius 1 is 1.57 bits per heavy atom. The van der Waals surface area contributed by atoms with Crippen molar-refractivity contribution in [3.63, 3.8) is 0 Å². The van der Waals surface area contributed by atoms with Gasteiger partial charge in [0.15, 0.2) is 5.58 Å². The molecule has 0 radical (unpaired) electrons. The maximum atomic E-state index is 10.9. The molecule has 0 saturated heterocycles. The van der Waals surface area contributed by atoms with Crippen molar-refractivity contribution < 1.29 is 4.42 Å². The van der Waals surface area contributed by atoms with Crippen molar-refractivity contribution in [2.24, 2.45) is 0 Å². The summed E-state index contributed by atoms with van der Waals surface area (Å²) in [5.41, 5.74) is 2.25. The van der Waals surface area contributed by atoms with Crippen LogP contribution in [0.25, 0.3) is 11.1 Å². The molecule has 0 fully saturated rings. The van der Waals surface area contributed by atoms with Crippen LogP contribution in [-0.4, -0.2) is 17.9 Å². The van der Waals surface area contributed by atoms with E-state index in [0.717, 1.165) is 5.69 Å². The third-order valence-electron chi connectivity index (χ3n) is 2.06. The summed E-state index contributed by atoms with van der Waals surface area (Å²) in [5.74, 6) is 0.186. The number of hydrogen-bond acceptors (Lipinski definition) is 4. The number of oxazole rings is 1. The van der Waals surface area contributed by atoms with Gasteiger partial charge in [-0.25, -0.2) is 4.79 Å². The smallest absolute Gasteiger partial charge is 0.408 e. The van der Waals surface area contributed by atoms with Crippen LogP contribution in [0, 0.1) is 0 Å². The monoisotopic (exact) mass is 210 g/mol. The average Bonchev–Trinajstić information content (AvgIpc) is 2.55. The Morgan fingerprint density at radius 3 is 3.07 bits per heavy atom. The van der Waals surface area contributed by atoms with Crippen molar-refractivity contribution >= 4 is 29.4 Å². The Morgan fingerprint density at radius 2 is 2.36 bits per heavy atom. The van der Waals surface area contributed by atoms with Crippen molar-refractivity contribution in [3.05, 3.63) is 28.7 Å². The average molecular weight is 210 g/mol. The topological polar surface area (TPSA) is 49.2 Å². The lowest BCUT2D eigenvalue weighted by Crippen LogP contribution is -2.13. The first-order valence-electron chi connectivity index (χ1n) is 4.15. The van der Waals surface area contributed by atoms with E-state index >= 15 is 0 Å². The molecule has 4 nitrogen and oxygen atoms in total. The lowest BCUT2D eigenvalue weighted by Gasteiger charge is -2.15. The molecular formula is C9H10N2O2S. The van der Waals surface area contributed by atoms with E-state index in [4.69, 9.17) is 4.42 Å². The van der Waals surface area contributed by atoms with Crippen LogP contribution in [0.5, 0.6) is 0 Å². The number of anilines is 1. The predicted octanol–water partition coefficient (Wildman–Crippen LogP) is 1.44. The molecule has 0 spiro atoms. The van der Waals surface area contributed by atoms with Gasteiger partial charge >= 0.3 is 5.76 Å². The number of benzene rings is 1. The molecule has 1 heterocycles. The molecule has 0 amide bonds. The Kier molecular flexibility index (Phi) is 2.25. The largest absolute Gasteiger partial charge is 0.417 e. The van der Waals surface area contributed by atoms with Crippen LogP contribution in [0.4, 0.5) is 5.69 Å². The highest BCUT2D eigenvalue weighted by Crippen LogP contribution is 2.19. The number of thiol groups is 1. The van der Waals surface area contributed by atoms with Crippen molar-refractivity contribution in [3.8, 4) is 0 Å². The zero-order chi connectivity index (χ0) is 10.1. The number of nitrogens with zero attached hydrogens (tertiary/aromatic N) is 1. The Labute approximate surface area is 85.9 Å². The summed E-state index contributed by atoms with van der Waals surface area (Å²) in [6.07, 6.45) is 0. The fourth-order valence-electron chi connectivity index (χ4n) is 1.25. The van der Waals surface area contributed by atoms with E-state index in [1.165, 1.54) is 0 Å². The summed E-state index contributed by atoms with van der Waals surface area (Å²) in [7, 11) is 1.92. The van der Waals surface area contributed by atoms with Crippen LogP contribution in [0.2, 0.25) is 0 Å². The molecule has 2 aromatic rings. The number of aromatic nitrogens is 1. The molecule has 5 heteroatoms. The number of hydrogen-bond donors (Lipinski definition) is 2. The molecule has 1 aromatic heterocycles. The lowest BCUT2D eigenvalue weighted by atomic mass is 10.3. The molecule has 0 saturated carbocycles. The second-order valence-electron chi connectivity index (χ2n) is 3.03. The van der Waals surface area contributed by atoms with Gasteiger partial charge < -0.3 is 9.32 Å². The number of H-pyrrole nitrogens is 1. The standard InChI is InChI=1S/C9H10N2O2S/c1-11(5-14)6-2-3-7-8(4-6)13-9(12)10-7/h2-4,14H,5H2,1H3,(H,10,12). The van der Waals surface area contributed by atoms with E-state index in [1.807, 2.05) is 30.1 Å². The molecule has 0 unspecified atom stereocenters. The maximum Gasteiger partial charge on any atom is 0.417 e. The fourth-order valence-corrected chi connectivity index (χ4v) is 1.42. The van der Waals surface area contributed by atoms with E-state index in [0.29, 0.717) is 17.0 Å². The first kappa shape index (κ1) is 9.21. The Hall–Kier alpha value is -1.36. The Bertz CT molecular complexity index is 503. The highest BCUT2D eigenvalue weighted by Gasteiger charge is 2.03. The van der Waals surface area contributed by atoms with E-state index in [2.05, 4.69) is 17.6 Å². The van der Waals surface area contributed by atoms with Crippen molar-refractivity contribution in [2.75, 3.05) is 17.8 Å². The molecule has 0 atom stereocenters. The van der Waals surface area contributed by atoms with Gasteiger partial charge in [-0.15, -0.1) is 0 Å². The molecule has 0 bridgehead atoms. The number of fused-ring (bicyclic) bond motifs is 1. The Balaban J connectivity index is 2.55. The molecule has 0 aliphatic heterocycles. The molecule has 1 aromatic carbocycles. The van der Waals surface area contributed by atoms with Crippen LogP contribution in [0.1, 0.15) is 0 Å². The van der Waals surface area contributed by atoms with E-state index in [9.17, 15) is 4.79 Å². The second kappa shape index (κ2) is 3.42. The third-order valence-corrected chi connectivity index (χ3v) is 2.48. The minimum Gasteiger partial charge on any atom is -0.408 e. The number of aromatic amines is 1. The van der Waals surface area contributed by atoms with E-state index in [-0.39, 0.29) is 0 Å². The molecule has 2 rings (SSSR count). The van der Waals surface area contributed by atoms with E-state index < -0.39 is 5.76 Å². The van der Waals surface area contributed by atoms with Gasteiger partial charge in [-0.1, -0.05) is 0 Å². The van der Waals surface area contributed by atoms with Crippen LogP contribution in [-0.2, 0) is 0 Å². The van der Waals surface area contributed by atoms with Crippen molar-refractivity contribution in [2.45, 2.75) is 0 Å². The summed E-state index contributed by atoms with van der Waals surface area (Å²) in [6.45, 7) is 0. The number of rotatable bonds is 2. The van der Waals surface area contributed by atoms with Crippen molar-refractivity contribution in [1.82, 2.24) is 4.98 Å². The molecular weight excluding hydrogens is 200 g/mol. The van der Waals surface area contributed by atoms with Gasteiger partial charge in [0.1, 0.15) is 0 Å². The van der Waals surface area contributed by atoms with E-state index in [1.54, 1.807) is 0 Å². The SMILES string of the molecule is CN(CS)c1ccc2[nH]c(=O)oc2c1. The maximum absolute atomic E-state index is 10.9. The third kappa shape index (κ3) is 1.50. The molecule has 0 aliphatic rings. The van der Waals surface area contributed by atoms with Crippen LogP contribution < -0.4 is 10.7 Å². The zero-order valence-corrected chi connectivity index (χ0v) is 8.54. The molecule has 74 valence electrons. The van der Waals surface area contributed by atoms with Gasteiger partial charge in [0.2, 0.25) is 0 Å². The molecule has 14 heavy (non-hydrogen) atoms. The minimum absolute atomic E-state index is 0.425. The van der Waals surface area contributed by atoms with Gasteiger partial charge in [0.05, 0.1) is 11.4 Å². The normalized spacial score (nSPS) is 10.7. The summed E-state index contributed by atoms with van der Waals surface area (Å²) >= 11 is 4.15. The molecule has 1 N–H and O–H groups in total. The predicted molar refractivity (Wildman–Crippen MR) is 59.1 cm³/mol. The quantitative estimate of drug-likeness (QED) is 0.582. The van der Waals surface area contributed by atoms with Crippen LogP contribution in [0.15, 0.2) is 27.4 Å². The zero-order valence-electron chi connectivity index (χ0n) is 7.65. The summed E-state index contributed by atoms with van der Waals surface area (Å²) < 4.78 is 4.94. The second-order valence-corrected chi connectivity index (χ2v) is 3.32. The fraction of sp³-hybridized carbons (Fsp3) is 0.222. The van der Waals surface area contributed by atoms with Crippen LogP contribution in [0.3, 0.4) is 0 Å². The van der Waals surface area contributed by atoms with Gasteiger partial charge in [0, 0.05) is 18.8 Å². The summed E-state index contributed by atoms with van der Waals surface area (Å²) in [6, 6.07) is 5.53.